The van der Waals surface area contributed by atoms with Crippen LogP contribution >= 0.6 is 23.2 Å². The standard InChI is InChI=1S/C18H22Cl2N2O2/c1-11(2)22(12(3)4)18(23)8-7-17-21-10-16(24-17)14-6-5-13(19)9-15(14)20/h5-6,9-12H,7-8H2,1-4H3. The van der Waals surface area contributed by atoms with Gasteiger partial charge in [0.2, 0.25) is 5.91 Å². The van der Waals surface area contributed by atoms with E-state index in [0.717, 1.165) is 5.56 Å². The second-order valence-electron chi connectivity index (χ2n) is 6.23. The molecule has 0 saturated carbocycles. The van der Waals surface area contributed by atoms with E-state index in [9.17, 15) is 4.79 Å². The first-order valence-electron chi connectivity index (χ1n) is 8.01. The second-order valence-corrected chi connectivity index (χ2v) is 7.07. The van der Waals surface area contributed by atoms with E-state index in [1.807, 2.05) is 32.6 Å². The number of halogens is 2. The summed E-state index contributed by atoms with van der Waals surface area (Å²) in [6.07, 6.45) is 2.45. The number of benzene rings is 1. The summed E-state index contributed by atoms with van der Waals surface area (Å²) in [4.78, 5) is 18.5. The molecule has 1 aromatic heterocycles. The highest BCUT2D eigenvalue weighted by molar-refractivity contribution is 6.36. The van der Waals surface area contributed by atoms with Gasteiger partial charge >= 0.3 is 0 Å². The Balaban J connectivity index is 2.05. The van der Waals surface area contributed by atoms with Gasteiger partial charge in [-0.1, -0.05) is 23.2 Å². The van der Waals surface area contributed by atoms with Gasteiger partial charge in [-0.3, -0.25) is 4.79 Å². The third-order valence-corrected chi connectivity index (χ3v) is 4.25. The molecule has 0 fully saturated rings. The summed E-state index contributed by atoms with van der Waals surface area (Å²) in [6.45, 7) is 8.07. The van der Waals surface area contributed by atoms with Crippen molar-refractivity contribution in [2.45, 2.75) is 52.6 Å². The van der Waals surface area contributed by atoms with E-state index in [1.165, 1.54) is 0 Å². The highest BCUT2D eigenvalue weighted by Gasteiger charge is 2.20. The topological polar surface area (TPSA) is 46.3 Å². The molecule has 1 heterocycles. The molecular formula is C18H22Cl2N2O2. The first-order valence-corrected chi connectivity index (χ1v) is 8.76. The fourth-order valence-electron chi connectivity index (χ4n) is 2.75. The van der Waals surface area contributed by atoms with Gasteiger partial charge in [0.05, 0.1) is 11.2 Å². The van der Waals surface area contributed by atoms with Gasteiger partial charge in [0.15, 0.2) is 11.7 Å². The normalized spacial score (nSPS) is 11.3. The molecule has 0 aliphatic rings. The molecule has 0 bridgehead atoms. The van der Waals surface area contributed by atoms with Crippen molar-refractivity contribution in [1.29, 1.82) is 0 Å². The predicted octanol–water partition coefficient (Wildman–Crippen LogP) is 5.23. The molecule has 4 nitrogen and oxygen atoms in total. The van der Waals surface area contributed by atoms with Crippen LogP contribution in [0.5, 0.6) is 0 Å². The SMILES string of the molecule is CC(C)N(C(=O)CCc1ncc(-c2ccc(Cl)cc2Cl)o1)C(C)C. The van der Waals surface area contributed by atoms with Gasteiger partial charge in [0, 0.05) is 35.5 Å². The van der Waals surface area contributed by atoms with E-state index < -0.39 is 0 Å². The lowest BCUT2D eigenvalue weighted by atomic mass is 10.2. The van der Waals surface area contributed by atoms with Gasteiger partial charge in [-0.05, 0) is 45.9 Å². The fourth-order valence-corrected chi connectivity index (χ4v) is 3.26. The number of hydrogen-bond acceptors (Lipinski definition) is 3. The Morgan fingerprint density at radius 3 is 2.46 bits per heavy atom. The Hall–Kier alpha value is -1.52. The summed E-state index contributed by atoms with van der Waals surface area (Å²) < 4.78 is 5.73. The largest absolute Gasteiger partial charge is 0.441 e. The zero-order valence-electron chi connectivity index (χ0n) is 14.3. The molecule has 2 aromatic rings. The maximum Gasteiger partial charge on any atom is 0.223 e. The third-order valence-electron chi connectivity index (χ3n) is 3.70. The summed E-state index contributed by atoms with van der Waals surface area (Å²) in [5.41, 5.74) is 0.733. The van der Waals surface area contributed by atoms with Crippen LogP contribution in [0.4, 0.5) is 0 Å². The van der Waals surface area contributed by atoms with Gasteiger partial charge in [0.1, 0.15) is 0 Å². The quantitative estimate of drug-likeness (QED) is 0.701. The summed E-state index contributed by atoms with van der Waals surface area (Å²) in [5, 5.41) is 1.07. The summed E-state index contributed by atoms with van der Waals surface area (Å²) >= 11 is 12.1. The van der Waals surface area contributed by atoms with Crippen molar-refractivity contribution in [3.63, 3.8) is 0 Å². The predicted molar refractivity (Wildman–Crippen MR) is 97.4 cm³/mol. The van der Waals surface area contributed by atoms with Crippen LogP contribution in [0, 0.1) is 0 Å². The number of carbonyl (C=O) groups is 1. The lowest BCUT2D eigenvalue weighted by Crippen LogP contribution is -2.42. The molecule has 1 aromatic carbocycles. The average molecular weight is 369 g/mol. The molecule has 1 amide bonds. The Labute approximate surface area is 152 Å². The number of hydrogen-bond donors (Lipinski definition) is 0. The molecule has 130 valence electrons. The van der Waals surface area contributed by atoms with Crippen LogP contribution in [0.2, 0.25) is 10.0 Å². The van der Waals surface area contributed by atoms with E-state index in [-0.39, 0.29) is 18.0 Å². The molecule has 0 saturated heterocycles. The number of carbonyl (C=O) groups excluding carboxylic acids is 1. The molecule has 0 spiro atoms. The van der Waals surface area contributed by atoms with Gasteiger partial charge in [-0.15, -0.1) is 0 Å². The average Bonchev–Trinajstić information content (AvgIpc) is 2.93. The van der Waals surface area contributed by atoms with Crippen molar-refractivity contribution >= 4 is 29.1 Å². The molecule has 0 atom stereocenters. The molecule has 0 aliphatic carbocycles. The Kier molecular flexibility index (Phi) is 6.30. The number of rotatable bonds is 6. The van der Waals surface area contributed by atoms with E-state index >= 15 is 0 Å². The number of aryl methyl sites for hydroxylation is 1. The van der Waals surface area contributed by atoms with E-state index in [2.05, 4.69) is 4.98 Å². The Morgan fingerprint density at radius 2 is 1.88 bits per heavy atom. The lowest BCUT2D eigenvalue weighted by molar-refractivity contribution is -0.134. The van der Waals surface area contributed by atoms with Crippen molar-refractivity contribution in [3.8, 4) is 11.3 Å². The van der Waals surface area contributed by atoms with Crippen molar-refractivity contribution in [3.05, 3.63) is 40.3 Å². The van der Waals surface area contributed by atoms with Crippen molar-refractivity contribution < 1.29 is 9.21 Å². The zero-order valence-corrected chi connectivity index (χ0v) is 15.9. The second kappa shape index (κ2) is 8.04. The van der Waals surface area contributed by atoms with E-state index in [0.29, 0.717) is 34.5 Å². The van der Waals surface area contributed by atoms with Gasteiger partial charge in [-0.25, -0.2) is 4.98 Å². The van der Waals surface area contributed by atoms with Crippen LogP contribution in [-0.4, -0.2) is 27.9 Å². The minimum absolute atomic E-state index is 0.101. The van der Waals surface area contributed by atoms with Crippen molar-refractivity contribution in [2.24, 2.45) is 0 Å². The van der Waals surface area contributed by atoms with Crippen LogP contribution in [0.1, 0.15) is 40.0 Å². The number of aromatic nitrogens is 1. The number of oxazole rings is 1. The monoisotopic (exact) mass is 368 g/mol. The Morgan fingerprint density at radius 1 is 1.21 bits per heavy atom. The van der Waals surface area contributed by atoms with E-state index in [4.69, 9.17) is 27.6 Å². The van der Waals surface area contributed by atoms with Crippen LogP contribution in [0.25, 0.3) is 11.3 Å². The zero-order chi connectivity index (χ0) is 17.9. The maximum atomic E-state index is 12.4. The molecule has 0 aliphatic heterocycles. The lowest BCUT2D eigenvalue weighted by Gasteiger charge is -2.30. The molecular weight excluding hydrogens is 347 g/mol. The summed E-state index contributed by atoms with van der Waals surface area (Å²) in [7, 11) is 0. The molecule has 24 heavy (non-hydrogen) atoms. The molecule has 2 rings (SSSR count). The highest BCUT2D eigenvalue weighted by Crippen LogP contribution is 2.30. The van der Waals surface area contributed by atoms with Crippen molar-refractivity contribution in [2.75, 3.05) is 0 Å². The minimum Gasteiger partial charge on any atom is -0.441 e. The van der Waals surface area contributed by atoms with Gasteiger partial charge in [-0.2, -0.15) is 0 Å². The number of nitrogens with zero attached hydrogens (tertiary/aromatic N) is 2. The fraction of sp³-hybridized carbons (Fsp3) is 0.444. The van der Waals surface area contributed by atoms with Crippen LogP contribution in [0.3, 0.4) is 0 Å². The molecule has 6 heteroatoms. The summed E-state index contributed by atoms with van der Waals surface area (Å²) in [6, 6.07) is 5.54. The summed E-state index contributed by atoms with van der Waals surface area (Å²) in [5.74, 6) is 1.20. The third kappa shape index (κ3) is 4.52. The van der Waals surface area contributed by atoms with Crippen LogP contribution in [-0.2, 0) is 11.2 Å². The molecule has 0 radical (unpaired) electrons. The smallest absolute Gasteiger partial charge is 0.223 e. The van der Waals surface area contributed by atoms with Crippen molar-refractivity contribution in [1.82, 2.24) is 9.88 Å². The highest BCUT2D eigenvalue weighted by atomic mass is 35.5. The first-order chi connectivity index (χ1) is 11.3. The van der Waals surface area contributed by atoms with E-state index in [1.54, 1.807) is 24.4 Å². The minimum atomic E-state index is 0.101. The van der Waals surface area contributed by atoms with Crippen LogP contribution in [0.15, 0.2) is 28.8 Å². The van der Waals surface area contributed by atoms with Gasteiger partial charge in [0.25, 0.3) is 0 Å². The van der Waals surface area contributed by atoms with Gasteiger partial charge < -0.3 is 9.32 Å². The Bertz CT molecular complexity index is 703. The molecule has 0 N–H and O–H groups in total. The maximum absolute atomic E-state index is 12.4. The number of amides is 1. The molecule has 0 unspecified atom stereocenters. The first kappa shape index (κ1) is 18.8. The van der Waals surface area contributed by atoms with Crippen LogP contribution < -0.4 is 0 Å².